The summed E-state index contributed by atoms with van der Waals surface area (Å²) < 4.78 is 0. The van der Waals surface area contributed by atoms with E-state index in [4.69, 9.17) is 5.11 Å². The highest BCUT2D eigenvalue weighted by Crippen LogP contribution is 2.36. The molecule has 18 heavy (non-hydrogen) atoms. The Morgan fingerprint density at radius 1 is 1.39 bits per heavy atom. The summed E-state index contributed by atoms with van der Waals surface area (Å²) in [5, 5.41) is 11.7. The van der Waals surface area contributed by atoms with Gasteiger partial charge < -0.3 is 15.3 Å². The van der Waals surface area contributed by atoms with Crippen molar-refractivity contribution in [1.82, 2.24) is 10.2 Å². The molecule has 5 nitrogen and oxygen atoms in total. The standard InChI is InChI=1S/C13H24N2O3/c1-10(11(16)17)8-15(3)12(18)14-9-13(2)6-4-5-7-13/h10H,4-9H2,1-3H3,(H,14,18)(H,16,17). The van der Waals surface area contributed by atoms with Gasteiger partial charge in [-0.1, -0.05) is 26.7 Å². The van der Waals surface area contributed by atoms with Crippen LogP contribution in [0.2, 0.25) is 0 Å². The summed E-state index contributed by atoms with van der Waals surface area (Å²) in [4.78, 5) is 24.0. The van der Waals surface area contributed by atoms with E-state index >= 15 is 0 Å². The van der Waals surface area contributed by atoms with E-state index in [1.165, 1.54) is 17.7 Å². The van der Waals surface area contributed by atoms with Crippen molar-refractivity contribution in [2.75, 3.05) is 20.1 Å². The third kappa shape index (κ3) is 4.20. The predicted molar refractivity (Wildman–Crippen MR) is 69.4 cm³/mol. The van der Waals surface area contributed by atoms with Gasteiger partial charge in [0, 0.05) is 20.1 Å². The Morgan fingerprint density at radius 3 is 2.44 bits per heavy atom. The number of hydrogen-bond acceptors (Lipinski definition) is 2. The first kappa shape index (κ1) is 14.8. The Hall–Kier alpha value is -1.26. The Balaban J connectivity index is 2.33. The quantitative estimate of drug-likeness (QED) is 0.789. The number of carboxylic acids is 1. The fourth-order valence-corrected chi connectivity index (χ4v) is 2.40. The second kappa shape index (κ2) is 6.07. The highest BCUT2D eigenvalue weighted by Gasteiger charge is 2.29. The zero-order chi connectivity index (χ0) is 13.8. The van der Waals surface area contributed by atoms with Gasteiger partial charge in [0.25, 0.3) is 0 Å². The van der Waals surface area contributed by atoms with Gasteiger partial charge in [0.2, 0.25) is 0 Å². The zero-order valence-corrected chi connectivity index (χ0v) is 11.5. The van der Waals surface area contributed by atoms with E-state index in [-0.39, 0.29) is 18.0 Å². The molecule has 0 aromatic rings. The average Bonchev–Trinajstić information content (AvgIpc) is 2.73. The number of carbonyl (C=O) groups is 2. The minimum atomic E-state index is -0.877. The maximum Gasteiger partial charge on any atom is 0.317 e. The van der Waals surface area contributed by atoms with Crippen LogP contribution in [0.4, 0.5) is 4.79 Å². The molecule has 0 radical (unpaired) electrons. The SMILES string of the molecule is CC(CN(C)C(=O)NCC1(C)CCCC1)C(=O)O. The lowest BCUT2D eigenvalue weighted by Crippen LogP contribution is -2.44. The molecule has 0 saturated heterocycles. The van der Waals surface area contributed by atoms with Crippen LogP contribution in [-0.4, -0.2) is 42.1 Å². The largest absolute Gasteiger partial charge is 0.481 e. The van der Waals surface area contributed by atoms with Gasteiger partial charge in [0.1, 0.15) is 0 Å². The van der Waals surface area contributed by atoms with Crippen LogP contribution in [0.1, 0.15) is 39.5 Å². The summed E-state index contributed by atoms with van der Waals surface area (Å²) in [5.41, 5.74) is 0.217. The van der Waals surface area contributed by atoms with Crippen molar-refractivity contribution in [3.05, 3.63) is 0 Å². The lowest BCUT2D eigenvalue weighted by atomic mass is 9.89. The molecule has 0 aromatic heterocycles. The van der Waals surface area contributed by atoms with Crippen LogP contribution in [0.25, 0.3) is 0 Å². The van der Waals surface area contributed by atoms with Crippen molar-refractivity contribution < 1.29 is 14.7 Å². The summed E-state index contributed by atoms with van der Waals surface area (Å²) in [5.74, 6) is -1.42. The topological polar surface area (TPSA) is 69.6 Å². The summed E-state index contributed by atoms with van der Waals surface area (Å²) in [6.07, 6.45) is 4.78. The molecule has 0 heterocycles. The van der Waals surface area contributed by atoms with E-state index in [0.717, 1.165) is 12.8 Å². The van der Waals surface area contributed by atoms with Crippen molar-refractivity contribution in [1.29, 1.82) is 0 Å². The molecule has 1 atom stereocenters. The average molecular weight is 256 g/mol. The van der Waals surface area contributed by atoms with Crippen molar-refractivity contribution in [2.24, 2.45) is 11.3 Å². The van der Waals surface area contributed by atoms with Gasteiger partial charge >= 0.3 is 12.0 Å². The van der Waals surface area contributed by atoms with E-state index < -0.39 is 11.9 Å². The Kier molecular flexibility index (Phi) is 4.99. The molecular formula is C13H24N2O3. The van der Waals surface area contributed by atoms with Crippen LogP contribution in [-0.2, 0) is 4.79 Å². The van der Waals surface area contributed by atoms with Crippen LogP contribution in [0.15, 0.2) is 0 Å². The van der Waals surface area contributed by atoms with Gasteiger partial charge in [0.05, 0.1) is 5.92 Å². The Morgan fingerprint density at radius 2 is 1.94 bits per heavy atom. The first-order chi connectivity index (χ1) is 8.34. The molecule has 5 heteroatoms. The number of nitrogens with zero attached hydrogens (tertiary/aromatic N) is 1. The van der Waals surface area contributed by atoms with Gasteiger partial charge in [-0.15, -0.1) is 0 Å². The lowest BCUT2D eigenvalue weighted by Gasteiger charge is -2.26. The Bertz CT molecular complexity index is 311. The van der Waals surface area contributed by atoms with E-state index in [0.29, 0.717) is 6.54 Å². The molecule has 0 aromatic carbocycles. The molecule has 1 rings (SSSR count). The van der Waals surface area contributed by atoms with Gasteiger partial charge in [-0.25, -0.2) is 4.79 Å². The molecule has 2 amide bonds. The number of hydrogen-bond donors (Lipinski definition) is 2. The van der Waals surface area contributed by atoms with Crippen LogP contribution in [0.3, 0.4) is 0 Å². The first-order valence-electron chi connectivity index (χ1n) is 6.56. The second-order valence-electron chi connectivity index (χ2n) is 5.80. The number of carboxylic acid groups (broad SMARTS) is 1. The second-order valence-corrected chi connectivity index (χ2v) is 5.80. The predicted octanol–water partition coefficient (Wildman–Crippen LogP) is 1.93. The van der Waals surface area contributed by atoms with Gasteiger partial charge in [0.15, 0.2) is 0 Å². The third-order valence-corrected chi connectivity index (χ3v) is 3.79. The monoisotopic (exact) mass is 256 g/mol. The summed E-state index contributed by atoms with van der Waals surface area (Å²) in [6, 6.07) is -0.184. The van der Waals surface area contributed by atoms with Gasteiger partial charge in [-0.05, 0) is 18.3 Å². The number of urea groups is 1. The molecule has 1 aliphatic carbocycles. The highest BCUT2D eigenvalue weighted by atomic mass is 16.4. The minimum Gasteiger partial charge on any atom is -0.481 e. The van der Waals surface area contributed by atoms with Crippen molar-refractivity contribution in [2.45, 2.75) is 39.5 Å². The molecule has 1 unspecified atom stereocenters. The number of carbonyl (C=O) groups excluding carboxylic acids is 1. The van der Waals surface area contributed by atoms with E-state index in [1.54, 1.807) is 14.0 Å². The van der Waals surface area contributed by atoms with Crippen LogP contribution < -0.4 is 5.32 Å². The molecule has 2 N–H and O–H groups in total. The van der Waals surface area contributed by atoms with Crippen molar-refractivity contribution in [3.63, 3.8) is 0 Å². The van der Waals surface area contributed by atoms with Crippen LogP contribution >= 0.6 is 0 Å². The molecule has 1 saturated carbocycles. The summed E-state index contributed by atoms with van der Waals surface area (Å²) in [7, 11) is 1.63. The molecule has 0 aliphatic heterocycles. The highest BCUT2D eigenvalue weighted by molar-refractivity contribution is 5.75. The Labute approximate surface area is 109 Å². The first-order valence-corrected chi connectivity index (χ1v) is 6.56. The van der Waals surface area contributed by atoms with Crippen LogP contribution in [0.5, 0.6) is 0 Å². The third-order valence-electron chi connectivity index (χ3n) is 3.79. The lowest BCUT2D eigenvalue weighted by molar-refractivity contribution is -0.141. The fraction of sp³-hybridized carbons (Fsp3) is 0.846. The molecule has 1 fully saturated rings. The van der Waals surface area contributed by atoms with Crippen molar-refractivity contribution >= 4 is 12.0 Å². The fourth-order valence-electron chi connectivity index (χ4n) is 2.40. The summed E-state index contributed by atoms with van der Waals surface area (Å²) in [6.45, 7) is 4.71. The van der Waals surface area contributed by atoms with Gasteiger partial charge in [-0.3, -0.25) is 4.79 Å². The molecular weight excluding hydrogens is 232 g/mol. The number of nitrogens with one attached hydrogen (secondary N) is 1. The maximum atomic E-state index is 11.8. The van der Waals surface area contributed by atoms with E-state index in [1.807, 2.05) is 0 Å². The molecule has 0 bridgehead atoms. The number of amides is 2. The van der Waals surface area contributed by atoms with E-state index in [2.05, 4.69) is 12.2 Å². The zero-order valence-electron chi connectivity index (χ0n) is 11.5. The normalized spacial score (nSPS) is 19.3. The molecule has 104 valence electrons. The van der Waals surface area contributed by atoms with E-state index in [9.17, 15) is 9.59 Å². The molecule has 1 aliphatic rings. The summed E-state index contributed by atoms with van der Waals surface area (Å²) >= 11 is 0. The van der Waals surface area contributed by atoms with Crippen LogP contribution in [0, 0.1) is 11.3 Å². The number of rotatable bonds is 5. The smallest absolute Gasteiger partial charge is 0.317 e. The molecule has 0 spiro atoms. The van der Waals surface area contributed by atoms with Gasteiger partial charge in [-0.2, -0.15) is 0 Å². The maximum absolute atomic E-state index is 11.8. The van der Waals surface area contributed by atoms with Crippen molar-refractivity contribution in [3.8, 4) is 0 Å². The number of aliphatic carboxylic acids is 1. The minimum absolute atomic E-state index is 0.184.